The Balaban J connectivity index is 1.46. The van der Waals surface area contributed by atoms with Gasteiger partial charge in [0.1, 0.15) is 36.3 Å². The summed E-state index contributed by atoms with van der Waals surface area (Å²) in [6, 6.07) is 0. The number of phosphoric ester groups is 3. The maximum atomic E-state index is 12.7. The average molecular weight is 893 g/mol. The van der Waals surface area contributed by atoms with E-state index in [-0.39, 0.29) is 41.6 Å². The summed E-state index contributed by atoms with van der Waals surface area (Å²) in [7, 11) is -16.4. The third-order valence-electron chi connectivity index (χ3n) is 7.82. The van der Waals surface area contributed by atoms with Gasteiger partial charge < -0.3 is 56.6 Å². The number of imidazole rings is 1. The number of rotatable bonds is 24. The third kappa shape index (κ3) is 15.8. The number of nitrogens with zero attached hydrogens (tertiary/aromatic N) is 4. The molecule has 2 unspecified atom stereocenters. The van der Waals surface area contributed by atoms with E-state index in [0.29, 0.717) is 12.3 Å². The summed E-state index contributed by atoms with van der Waals surface area (Å²) in [5.74, 6) is -1.15. The first-order chi connectivity index (χ1) is 26.6. The van der Waals surface area contributed by atoms with Crippen LogP contribution in [0.2, 0.25) is 0 Å². The van der Waals surface area contributed by atoms with Gasteiger partial charge in [-0.3, -0.25) is 32.5 Å². The van der Waals surface area contributed by atoms with Gasteiger partial charge in [0, 0.05) is 30.7 Å². The van der Waals surface area contributed by atoms with Gasteiger partial charge in [0.05, 0.1) is 19.5 Å². The van der Waals surface area contributed by atoms with E-state index in [1.54, 1.807) is 6.08 Å². The van der Waals surface area contributed by atoms with E-state index < -0.39 is 84.6 Å². The summed E-state index contributed by atoms with van der Waals surface area (Å²) < 4.78 is 62.1. The summed E-state index contributed by atoms with van der Waals surface area (Å²) in [5.41, 5.74) is 9.67. The number of aliphatic hydroxyl groups is 2. The molecule has 57 heavy (non-hydrogen) atoms. The second-order valence-corrected chi connectivity index (χ2v) is 18.3. The van der Waals surface area contributed by atoms with E-state index >= 15 is 0 Å². The van der Waals surface area contributed by atoms with Crippen molar-refractivity contribution in [3.8, 4) is 0 Å². The van der Waals surface area contributed by atoms with Gasteiger partial charge in [0.15, 0.2) is 17.7 Å². The van der Waals surface area contributed by atoms with Crippen LogP contribution in [-0.2, 0) is 50.7 Å². The summed E-state index contributed by atoms with van der Waals surface area (Å²) in [5, 5.41) is 26.2. The number of aromatic nitrogens is 4. The molecule has 2 amide bonds. The number of carbonyl (C=O) groups excluding carboxylic acids is 3. The lowest BCUT2D eigenvalue weighted by atomic mass is 9.87. The van der Waals surface area contributed by atoms with Crippen LogP contribution in [0.4, 0.5) is 5.82 Å². The number of ether oxygens (including phenoxy) is 1. The lowest BCUT2D eigenvalue weighted by molar-refractivity contribution is -0.137. The Bertz CT molecular complexity index is 1870. The number of carbonyl (C=O) groups is 3. The fourth-order valence-corrected chi connectivity index (χ4v) is 8.34. The second kappa shape index (κ2) is 21.5. The highest BCUT2D eigenvalue weighted by atomic mass is 32.2. The van der Waals surface area contributed by atoms with Crippen molar-refractivity contribution >= 4 is 69.1 Å². The first-order valence-electron chi connectivity index (χ1n) is 17.0. The van der Waals surface area contributed by atoms with Crippen LogP contribution in [0.15, 0.2) is 24.8 Å². The van der Waals surface area contributed by atoms with Crippen LogP contribution >= 0.6 is 35.2 Å². The van der Waals surface area contributed by atoms with Crippen molar-refractivity contribution in [3.63, 3.8) is 0 Å². The second-order valence-electron chi connectivity index (χ2n) is 12.9. The van der Waals surface area contributed by atoms with Gasteiger partial charge in [-0.05, 0) is 31.9 Å². The number of hydrogen-bond acceptors (Lipinski definition) is 19. The van der Waals surface area contributed by atoms with Crippen LogP contribution in [-0.4, -0.2) is 129 Å². The standard InChI is InChI=1S/C28H47N8O17P3S/c1-28(2,23(40)26(41)32-10-8-18(37)31-11-12-57-19(38)7-5-3-4-6-9-29)14-50-56(47,48)53-55(45,46)49-13-17-22(52-54(42,43)44)21(39)27(51-17)36-16-35-20-24(30)33-15-34-25(20)36/h5,7,15-17,21-23,27,39-40H,3-4,6,8-14,29H2,1-2H3,(H,31,37)(H,32,41)(H,45,46)(H,47,48)(H2,30,33,34)(H2,42,43,44)/t17-,21-,22-,23+,27-/m1/s1. The molecule has 3 rings (SSSR count). The molecular weight excluding hydrogens is 845 g/mol. The number of fused-ring (bicyclic) bond motifs is 1. The number of nitrogens with two attached hydrogens (primary N) is 2. The molecular formula is C28H47N8O17P3S. The number of unbranched alkanes of at least 4 members (excludes halogenated alkanes) is 2. The van der Waals surface area contributed by atoms with Crippen molar-refractivity contribution in [2.24, 2.45) is 11.1 Å². The van der Waals surface area contributed by atoms with Gasteiger partial charge >= 0.3 is 23.5 Å². The molecule has 12 N–H and O–H groups in total. The zero-order valence-electron chi connectivity index (χ0n) is 30.6. The van der Waals surface area contributed by atoms with Gasteiger partial charge in [-0.15, -0.1) is 0 Å². The Morgan fingerprint density at radius 3 is 2.46 bits per heavy atom. The topological polar surface area (TPSA) is 390 Å². The fourth-order valence-electron chi connectivity index (χ4n) is 4.92. The molecule has 0 aromatic carbocycles. The molecule has 322 valence electrons. The summed E-state index contributed by atoms with van der Waals surface area (Å²) in [4.78, 5) is 87.4. The first kappa shape index (κ1) is 48.6. The third-order valence-corrected chi connectivity index (χ3v) is 11.8. The molecule has 2 aromatic heterocycles. The zero-order chi connectivity index (χ0) is 42.6. The SMILES string of the molecule is CC(C)(COP(=O)(O)OP(=O)(O)OC[C@H]1O[C@@H](n2cnc3c(N)ncnc32)[C@H](O)[C@@H]1OP(=O)(O)O)[C@@H](O)C(=O)NCCC(=O)NCCSC(=O)C=CCCCCN. The molecule has 1 aliphatic heterocycles. The van der Waals surface area contributed by atoms with Crippen LogP contribution < -0.4 is 22.1 Å². The van der Waals surface area contributed by atoms with Crippen LogP contribution in [0.25, 0.3) is 11.2 Å². The smallest absolute Gasteiger partial charge is 0.386 e. The van der Waals surface area contributed by atoms with Gasteiger partial charge in [-0.2, -0.15) is 4.31 Å². The summed E-state index contributed by atoms with van der Waals surface area (Å²) in [6.07, 6.45) is -1.22. The Morgan fingerprint density at radius 1 is 1.07 bits per heavy atom. The molecule has 7 atom stereocenters. The van der Waals surface area contributed by atoms with E-state index in [1.165, 1.54) is 19.9 Å². The Labute approximate surface area is 329 Å². The molecule has 0 aliphatic carbocycles. The molecule has 29 heteroatoms. The highest BCUT2D eigenvalue weighted by Gasteiger charge is 2.50. The Morgan fingerprint density at radius 2 is 1.77 bits per heavy atom. The van der Waals surface area contributed by atoms with Crippen LogP contribution in [0.5, 0.6) is 0 Å². The molecule has 25 nitrogen and oxygen atoms in total. The number of nitrogens with one attached hydrogen (secondary N) is 2. The highest BCUT2D eigenvalue weighted by Crippen LogP contribution is 2.61. The van der Waals surface area contributed by atoms with Crippen molar-refractivity contribution < 1.29 is 80.5 Å². The van der Waals surface area contributed by atoms with Crippen molar-refractivity contribution in [2.45, 2.75) is 70.2 Å². The molecule has 0 bridgehead atoms. The van der Waals surface area contributed by atoms with Crippen molar-refractivity contribution in [1.29, 1.82) is 0 Å². The minimum absolute atomic E-state index is 0.0289. The molecule has 0 saturated carbocycles. The molecule has 2 aromatic rings. The predicted molar refractivity (Wildman–Crippen MR) is 199 cm³/mol. The van der Waals surface area contributed by atoms with E-state index in [9.17, 15) is 57.9 Å². The van der Waals surface area contributed by atoms with E-state index in [1.807, 2.05) is 0 Å². The van der Waals surface area contributed by atoms with E-state index in [2.05, 4.69) is 34.4 Å². The van der Waals surface area contributed by atoms with Crippen LogP contribution in [0, 0.1) is 5.41 Å². The van der Waals surface area contributed by atoms with Gasteiger partial charge in [-0.25, -0.2) is 28.6 Å². The van der Waals surface area contributed by atoms with Crippen molar-refractivity contribution in [3.05, 3.63) is 24.8 Å². The normalized spacial score (nSPS) is 21.6. The number of amides is 2. The van der Waals surface area contributed by atoms with Crippen LogP contribution in [0.3, 0.4) is 0 Å². The summed E-state index contributed by atoms with van der Waals surface area (Å²) in [6.45, 7) is 1.04. The predicted octanol–water partition coefficient (Wildman–Crippen LogP) is -0.650. The lowest BCUT2D eigenvalue weighted by Crippen LogP contribution is -2.46. The monoisotopic (exact) mass is 892 g/mol. The molecule has 1 aliphatic rings. The number of thioether (sulfide) groups is 1. The first-order valence-corrected chi connectivity index (χ1v) is 22.5. The van der Waals surface area contributed by atoms with Crippen molar-refractivity contribution in [1.82, 2.24) is 30.2 Å². The number of hydrogen-bond donors (Lipinski definition) is 10. The van der Waals surface area contributed by atoms with E-state index in [4.69, 9.17) is 25.3 Å². The maximum absolute atomic E-state index is 12.7. The number of phosphoric acid groups is 3. The highest BCUT2D eigenvalue weighted by molar-refractivity contribution is 8.14. The molecule has 0 spiro atoms. The van der Waals surface area contributed by atoms with Crippen LogP contribution in [0.1, 0.15) is 45.8 Å². The van der Waals surface area contributed by atoms with Gasteiger partial charge in [-0.1, -0.05) is 31.7 Å². The zero-order valence-corrected chi connectivity index (χ0v) is 34.1. The number of anilines is 1. The largest absolute Gasteiger partial charge is 0.481 e. The van der Waals surface area contributed by atoms with Gasteiger partial charge in [0.2, 0.25) is 16.9 Å². The molecule has 1 saturated heterocycles. The minimum Gasteiger partial charge on any atom is -0.386 e. The maximum Gasteiger partial charge on any atom is 0.481 e. The molecule has 1 fully saturated rings. The Hall–Kier alpha value is -2.74. The van der Waals surface area contributed by atoms with E-state index in [0.717, 1.165) is 48.2 Å². The number of nitrogen functional groups attached to an aromatic ring is 1. The fraction of sp³-hybridized carbons (Fsp3) is 0.643. The minimum atomic E-state index is -5.57. The Kier molecular flexibility index (Phi) is 18.3. The van der Waals surface area contributed by atoms with Gasteiger partial charge in [0.25, 0.3) is 0 Å². The van der Waals surface area contributed by atoms with Crippen molar-refractivity contribution in [2.75, 3.05) is 44.3 Å². The lowest BCUT2D eigenvalue weighted by Gasteiger charge is -2.30. The summed E-state index contributed by atoms with van der Waals surface area (Å²) >= 11 is 1.02. The number of allylic oxidation sites excluding steroid dienone is 1. The number of aliphatic hydroxyl groups excluding tert-OH is 2. The average Bonchev–Trinajstić information content (AvgIpc) is 3.68. The molecule has 0 radical (unpaired) electrons. The molecule has 3 heterocycles. The quantitative estimate of drug-likeness (QED) is 0.0355.